The van der Waals surface area contributed by atoms with Crippen molar-refractivity contribution in [1.82, 2.24) is 5.32 Å². The number of nitrogens with one attached hydrogen (secondary N) is 1. The number of hydrogen-bond acceptors (Lipinski definition) is 6. The predicted molar refractivity (Wildman–Crippen MR) is 70.9 cm³/mol. The van der Waals surface area contributed by atoms with Gasteiger partial charge in [-0.2, -0.15) is 0 Å². The summed E-state index contributed by atoms with van der Waals surface area (Å²) >= 11 is 0. The average Bonchev–Trinajstić information content (AvgIpc) is 2.91. The Morgan fingerprint density at radius 3 is 3.05 bits per heavy atom. The lowest BCUT2D eigenvalue weighted by Gasteiger charge is -2.12. The van der Waals surface area contributed by atoms with Gasteiger partial charge in [0, 0.05) is 13.2 Å². The minimum Gasteiger partial charge on any atom is -0.492 e. The van der Waals surface area contributed by atoms with Crippen molar-refractivity contribution in [2.75, 3.05) is 33.7 Å². The Kier molecular flexibility index (Phi) is 5.03. The number of nitrogens with two attached hydrogens (primary N) is 1. The quantitative estimate of drug-likeness (QED) is 0.678. The van der Waals surface area contributed by atoms with Gasteiger partial charge in [0.1, 0.15) is 18.4 Å². The Morgan fingerprint density at radius 2 is 2.25 bits per heavy atom. The molecule has 1 aromatic carbocycles. The molecular formula is C13H18N2O5. The van der Waals surface area contributed by atoms with Gasteiger partial charge in [0.15, 0.2) is 11.5 Å². The molecule has 1 atom stereocenters. The van der Waals surface area contributed by atoms with E-state index in [9.17, 15) is 4.79 Å². The molecule has 7 nitrogen and oxygen atoms in total. The monoisotopic (exact) mass is 282 g/mol. The fourth-order valence-corrected chi connectivity index (χ4v) is 1.70. The molecule has 0 radical (unpaired) electrons. The van der Waals surface area contributed by atoms with Crippen LogP contribution in [0.25, 0.3) is 0 Å². The van der Waals surface area contributed by atoms with Crippen molar-refractivity contribution in [3.8, 4) is 17.2 Å². The van der Waals surface area contributed by atoms with Crippen molar-refractivity contribution in [3.05, 3.63) is 18.2 Å². The van der Waals surface area contributed by atoms with Crippen LogP contribution >= 0.6 is 0 Å². The van der Waals surface area contributed by atoms with Gasteiger partial charge in [-0.15, -0.1) is 0 Å². The zero-order valence-electron chi connectivity index (χ0n) is 11.3. The number of carbonyl (C=O) groups excluding carboxylic acids is 1. The lowest BCUT2D eigenvalue weighted by molar-refractivity contribution is -0.123. The third kappa shape index (κ3) is 3.75. The fourth-order valence-electron chi connectivity index (χ4n) is 1.70. The lowest BCUT2D eigenvalue weighted by Crippen LogP contribution is -2.44. The van der Waals surface area contributed by atoms with Gasteiger partial charge in [0.25, 0.3) is 0 Å². The summed E-state index contributed by atoms with van der Waals surface area (Å²) in [7, 11) is 1.50. The SMILES string of the molecule is COCC(N)C(=O)NCCOc1ccc2c(c1)OCO2. The van der Waals surface area contributed by atoms with E-state index in [1.54, 1.807) is 18.2 Å². The van der Waals surface area contributed by atoms with Crippen molar-refractivity contribution < 1.29 is 23.7 Å². The van der Waals surface area contributed by atoms with E-state index in [0.29, 0.717) is 30.4 Å². The number of ether oxygens (including phenoxy) is 4. The van der Waals surface area contributed by atoms with Crippen molar-refractivity contribution in [2.45, 2.75) is 6.04 Å². The minimum atomic E-state index is -0.662. The van der Waals surface area contributed by atoms with E-state index >= 15 is 0 Å². The average molecular weight is 282 g/mol. The second-order valence-electron chi connectivity index (χ2n) is 4.22. The molecule has 1 aliphatic rings. The maximum absolute atomic E-state index is 11.5. The third-order valence-electron chi connectivity index (χ3n) is 2.70. The van der Waals surface area contributed by atoms with Gasteiger partial charge in [0.2, 0.25) is 12.7 Å². The molecule has 3 N–H and O–H groups in total. The first kappa shape index (κ1) is 14.4. The highest BCUT2D eigenvalue weighted by atomic mass is 16.7. The van der Waals surface area contributed by atoms with Crippen LogP contribution in [0.2, 0.25) is 0 Å². The molecule has 0 saturated carbocycles. The summed E-state index contributed by atoms with van der Waals surface area (Å²) in [6.07, 6.45) is 0. The van der Waals surface area contributed by atoms with Crippen molar-refractivity contribution in [2.24, 2.45) is 5.73 Å². The summed E-state index contributed by atoms with van der Waals surface area (Å²) in [4.78, 5) is 11.5. The minimum absolute atomic E-state index is 0.189. The van der Waals surface area contributed by atoms with Gasteiger partial charge in [-0.05, 0) is 12.1 Å². The van der Waals surface area contributed by atoms with Crippen molar-refractivity contribution >= 4 is 5.91 Å². The van der Waals surface area contributed by atoms with Crippen LogP contribution in [0.15, 0.2) is 18.2 Å². The maximum Gasteiger partial charge on any atom is 0.239 e. The highest BCUT2D eigenvalue weighted by molar-refractivity contribution is 5.81. The first-order chi connectivity index (χ1) is 9.70. The highest BCUT2D eigenvalue weighted by Crippen LogP contribution is 2.34. The van der Waals surface area contributed by atoms with Gasteiger partial charge < -0.3 is 30.0 Å². The lowest BCUT2D eigenvalue weighted by atomic mass is 10.3. The Labute approximate surface area is 116 Å². The number of fused-ring (bicyclic) bond motifs is 1. The molecule has 1 aromatic rings. The molecule has 7 heteroatoms. The van der Waals surface area contributed by atoms with Crippen LogP contribution in [0.1, 0.15) is 0 Å². The van der Waals surface area contributed by atoms with Crippen LogP contribution in [0, 0.1) is 0 Å². The van der Waals surface area contributed by atoms with Crippen LogP contribution in [0.4, 0.5) is 0 Å². The molecule has 1 unspecified atom stereocenters. The maximum atomic E-state index is 11.5. The normalized spacial score (nSPS) is 13.9. The number of methoxy groups -OCH3 is 1. The summed E-state index contributed by atoms with van der Waals surface area (Å²) in [5.41, 5.74) is 5.57. The molecular weight excluding hydrogens is 264 g/mol. The van der Waals surface area contributed by atoms with E-state index in [2.05, 4.69) is 5.32 Å². The van der Waals surface area contributed by atoms with Gasteiger partial charge in [0.05, 0.1) is 13.2 Å². The standard InChI is InChI=1S/C13H18N2O5/c1-17-7-10(14)13(16)15-4-5-18-9-2-3-11-12(6-9)20-8-19-11/h2-3,6,10H,4-5,7-8,14H2,1H3,(H,15,16). The number of rotatable bonds is 7. The van der Waals surface area contributed by atoms with E-state index in [1.165, 1.54) is 7.11 Å². The summed E-state index contributed by atoms with van der Waals surface area (Å²) < 4.78 is 20.7. The molecule has 0 saturated heterocycles. The molecule has 20 heavy (non-hydrogen) atoms. The Bertz CT molecular complexity index is 466. The van der Waals surface area contributed by atoms with E-state index in [4.69, 9.17) is 24.7 Å². The zero-order chi connectivity index (χ0) is 14.4. The van der Waals surface area contributed by atoms with Gasteiger partial charge in [-0.3, -0.25) is 4.79 Å². The number of amides is 1. The largest absolute Gasteiger partial charge is 0.492 e. The second kappa shape index (κ2) is 6.97. The Balaban J connectivity index is 1.70. The topological polar surface area (TPSA) is 92.0 Å². The summed E-state index contributed by atoms with van der Waals surface area (Å²) in [5.74, 6) is 1.76. The first-order valence-corrected chi connectivity index (χ1v) is 6.25. The molecule has 1 heterocycles. The molecule has 0 aliphatic carbocycles. The molecule has 0 spiro atoms. The molecule has 0 bridgehead atoms. The van der Waals surface area contributed by atoms with Crippen LogP contribution in [-0.4, -0.2) is 45.6 Å². The van der Waals surface area contributed by atoms with Gasteiger partial charge in [-0.25, -0.2) is 0 Å². The van der Waals surface area contributed by atoms with Gasteiger partial charge >= 0.3 is 0 Å². The zero-order valence-corrected chi connectivity index (χ0v) is 11.3. The molecule has 1 amide bonds. The van der Waals surface area contributed by atoms with Crippen LogP contribution in [-0.2, 0) is 9.53 Å². The van der Waals surface area contributed by atoms with E-state index in [-0.39, 0.29) is 19.3 Å². The van der Waals surface area contributed by atoms with Crippen LogP contribution < -0.4 is 25.3 Å². The first-order valence-electron chi connectivity index (χ1n) is 6.25. The summed E-state index contributed by atoms with van der Waals surface area (Å²) in [6, 6.07) is 4.66. The highest BCUT2D eigenvalue weighted by Gasteiger charge is 2.14. The van der Waals surface area contributed by atoms with Crippen molar-refractivity contribution in [3.63, 3.8) is 0 Å². The van der Waals surface area contributed by atoms with E-state index < -0.39 is 6.04 Å². The Hall–Kier alpha value is -1.99. The van der Waals surface area contributed by atoms with Crippen LogP contribution in [0.5, 0.6) is 17.2 Å². The second-order valence-corrected chi connectivity index (χ2v) is 4.22. The van der Waals surface area contributed by atoms with Gasteiger partial charge in [-0.1, -0.05) is 0 Å². The fraction of sp³-hybridized carbons (Fsp3) is 0.462. The molecule has 1 aliphatic heterocycles. The van der Waals surface area contributed by atoms with E-state index in [0.717, 1.165) is 0 Å². The molecule has 110 valence electrons. The third-order valence-corrected chi connectivity index (χ3v) is 2.70. The Morgan fingerprint density at radius 1 is 1.45 bits per heavy atom. The van der Waals surface area contributed by atoms with Crippen LogP contribution in [0.3, 0.4) is 0 Å². The molecule has 0 fully saturated rings. The van der Waals surface area contributed by atoms with Crippen molar-refractivity contribution in [1.29, 1.82) is 0 Å². The smallest absolute Gasteiger partial charge is 0.239 e. The molecule has 2 rings (SSSR count). The number of carbonyl (C=O) groups is 1. The predicted octanol–water partition coefficient (Wildman–Crippen LogP) is -0.116. The summed E-state index contributed by atoms with van der Waals surface area (Å²) in [6.45, 7) is 1.12. The van der Waals surface area contributed by atoms with E-state index in [1.807, 2.05) is 0 Å². The number of benzene rings is 1. The number of hydrogen-bond donors (Lipinski definition) is 2. The summed E-state index contributed by atoms with van der Waals surface area (Å²) in [5, 5.41) is 2.66. The molecule has 0 aromatic heterocycles.